The first kappa shape index (κ1) is 17.5. The van der Waals surface area contributed by atoms with E-state index in [1.165, 1.54) is 31.4 Å². The minimum Gasteiger partial charge on any atom is -0.492 e. The van der Waals surface area contributed by atoms with Gasteiger partial charge in [-0.15, -0.1) is 0 Å². The quantitative estimate of drug-likeness (QED) is 0.402. The van der Waals surface area contributed by atoms with Gasteiger partial charge in [-0.2, -0.15) is 5.10 Å². The molecule has 0 saturated carbocycles. The molecule has 0 aliphatic carbocycles. The van der Waals surface area contributed by atoms with Gasteiger partial charge in [0.1, 0.15) is 28.8 Å². The lowest BCUT2D eigenvalue weighted by Gasteiger charge is -2.16. The summed E-state index contributed by atoms with van der Waals surface area (Å²) < 4.78 is 42.7. The number of hydrogen-bond acceptors (Lipinski definition) is 7. The second kappa shape index (κ2) is 8.88. The first-order valence-electron chi connectivity index (χ1n) is 11.2. The summed E-state index contributed by atoms with van der Waals surface area (Å²) in [6.07, 6.45) is 2.77. The van der Waals surface area contributed by atoms with Crippen molar-refractivity contribution in [2.45, 2.75) is 13.5 Å². The highest BCUT2D eigenvalue weighted by Crippen LogP contribution is 2.36. The van der Waals surface area contributed by atoms with E-state index in [2.05, 4.69) is 25.7 Å². The molecule has 4 aromatic rings. The number of nitrogens with zero attached hydrogens (tertiary/aromatic N) is 4. The highest BCUT2D eigenvalue weighted by Gasteiger charge is 2.18. The van der Waals surface area contributed by atoms with Gasteiger partial charge in [0.05, 0.1) is 30.8 Å². The first-order valence-corrected chi connectivity index (χ1v) is 9.70. The zero-order valence-corrected chi connectivity index (χ0v) is 17.3. The standard InChI is InChI=1S/C22H22FN7O2/c1-4-30-19-13(11-26-30)5-8-16(20(19)32-3)27-21-15(22(31)24-2)7-10-18(29-21)28-17-9-6-14(23)12-25-17/h5-12H,4H2,1-3H3,(H,24,31)(H2,25,27,28,29)/i2D3. The minimum absolute atomic E-state index is 0.00936. The number of aryl methyl sites for hydroxylation is 1. The molecule has 3 aromatic heterocycles. The number of ether oxygens (including phenoxy) is 1. The van der Waals surface area contributed by atoms with E-state index in [4.69, 9.17) is 8.85 Å². The van der Waals surface area contributed by atoms with Crippen LogP contribution in [0.2, 0.25) is 0 Å². The van der Waals surface area contributed by atoms with E-state index >= 15 is 0 Å². The molecule has 10 heteroatoms. The molecule has 0 spiro atoms. The van der Waals surface area contributed by atoms with Gasteiger partial charge in [-0.1, -0.05) is 0 Å². The van der Waals surface area contributed by atoms with Crippen molar-refractivity contribution in [1.82, 2.24) is 25.1 Å². The molecule has 0 saturated heterocycles. The third-order valence-electron chi connectivity index (χ3n) is 4.75. The van der Waals surface area contributed by atoms with Crippen LogP contribution in [0.25, 0.3) is 10.9 Å². The molecule has 0 bridgehead atoms. The lowest BCUT2D eigenvalue weighted by atomic mass is 10.2. The molecule has 4 rings (SSSR count). The van der Waals surface area contributed by atoms with Crippen LogP contribution in [0.1, 0.15) is 21.4 Å². The Morgan fingerprint density at radius 1 is 1.16 bits per heavy atom. The fourth-order valence-electron chi connectivity index (χ4n) is 3.27. The summed E-state index contributed by atoms with van der Waals surface area (Å²) in [5, 5.41) is 13.2. The normalized spacial score (nSPS) is 12.5. The number of amides is 1. The van der Waals surface area contributed by atoms with Crippen LogP contribution in [-0.2, 0) is 6.54 Å². The highest BCUT2D eigenvalue weighted by molar-refractivity contribution is 6.00. The van der Waals surface area contributed by atoms with Crippen molar-refractivity contribution in [3.8, 4) is 5.75 Å². The van der Waals surface area contributed by atoms with Crippen molar-refractivity contribution in [3.05, 3.63) is 60.2 Å². The largest absolute Gasteiger partial charge is 0.492 e. The molecule has 0 unspecified atom stereocenters. The maximum Gasteiger partial charge on any atom is 0.254 e. The van der Waals surface area contributed by atoms with E-state index < -0.39 is 18.7 Å². The number of pyridine rings is 2. The number of anilines is 4. The van der Waals surface area contributed by atoms with Gasteiger partial charge >= 0.3 is 0 Å². The molecule has 3 N–H and O–H groups in total. The number of methoxy groups -OCH3 is 1. The fraction of sp³-hybridized carbons (Fsp3) is 0.182. The number of aromatic nitrogens is 4. The highest BCUT2D eigenvalue weighted by atomic mass is 19.1. The third kappa shape index (κ3) is 4.02. The molecule has 1 aromatic carbocycles. The maximum absolute atomic E-state index is 13.2. The molecule has 9 nitrogen and oxygen atoms in total. The predicted octanol–water partition coefficient (Wildman–Crippen LogP) is 3.84. The van der Waals surface area contributed by atoms with Gasteiger partial charge in [0.25, 0.3) is 5.91 Å². The molecule has 0 aliphatic heterocycles. The number of carbonyl (C=O) groups excluding carboxylic acids is 1. The summed E-state index contributed by atoms with van der Waals surface area (Å²) in [7, 11) is 1.51. The molecule has 3 heterocycles. The predicted molar refractivity (Wildman–Crippen MR) is 120 cm³/mol. The average molecular weight is 438 g/mol. The smallest absolute Gasteiger partial charge is 0.254 e. The van der Waals surface area contributed by atoms with Crippen molar-refractivity contribution < 1.29 is 18.0 Å². The van der Waals surface area contributed by atoms with Crippen molar-refractivity contribution in [1.29, 1.82) is 0 Å². The van der Waals surface area contributed by atoms with Gasteiger partial charge < -0.3 is 20.7 Å². The van der Waals surface area contributed by atoms with Crippen LogP contribution in [0.4, 0.5) is 27.5 Å². The number of benzene rings is 1. The van der Waals surface area contributed by atoms with E-state index in [0.29, 0.717) is 23.8 Å². The second-order valence-electron chi connectivity index (χ2n) is 6.70. The molecule has 0 fully saturated rings. The van der Waals surface area contributed by atoms with Crippen LogP contribution >= 0.6 is 0 Å². The Bertz CT molecular complexity index is 1370. The van der Waals surface area contributed by atoms with Crippen LogP contribution in [0.15, 0.2) is 48.8 Å². The van der Waals surface area contributed by atoms with Crippen LogP contribution in [-0.4, -0.2) is 39.7 Å². The van der Waals surface area contributed by atoms with Gasteiger partial charge in [0, 0.05) is 23.0 Å². The van der Waals surface area contributed by atoms with E-state index in [9.17, 15) is 9.18 Å². The Hall–Kier alpha value is -4.21. The van der Waals surface area contributed by atoms with Gasteiger partial charge in [0.2, 0.25) is 0 Å². The van der Waals surface area contributed by atoms with Gasteiger partial charge in [-0.3, -0.25) is 9.48 Å². The molecule has 32 heavy (non-hydrogen) atoms. The number of fused-ring (bicyclic) bond motifs is 1. The molecular weight excluding hydrogens is 413 g/mol. The van der Waals surface area contributed by atoms with Crippen molar-refractivity contribution in [3.63, 3.8) is 0 Å². The Labute approximate surface area is 187 Å². The minimum atomic E-state index is -2.69. The lowest BCUT2D eigenvalue weighted by Crippen LogP contribution is -2.20. The Balaban J connectivity index is 1.77. The molecule has 1 amide bonds. The third-order valence-corrected chi connectivity index (χ3v) is 4.75. The summed E-state index contributed by atoms with van der Waals surface area (Å²) >= 11 is 0. The van der Waals surface area contributed by atoms with Crippen LogP contribution in [0.3, 0.4) is 0 Å². The zero-order valence-electron chi connectivity index (χ0n) is 20.3. The number of hydrogen-bond donors (Lipinski definition) is 3. The van der Waals surface area contributed by atoms with Crippen molar-refractivity contribution in [2.75, 3.05) is 24.7 Å². The summed E-state index contributed by atoms with van der Waals surface area (Å²) in [5.74, 6) is -0.170. The van der Waals surface area contributed by atoms with Gasteiger partial charge in [0.15, 0.2) is 5.75 Å². The summed E-state index contributed by atoms with van der Waals surface area (Å²) in [6, 6.07) is 9.16. The molecule has 0 atom stereocenters. The Kier molecular flexibility index (Phi) is 4.85. The number of halogens is 1. The van der Waals surface area contributed by atoms with Crippen LogP contribution in [0.5, 0.6) is 5.75 Å². The Morgan fingerprint density at radius 3 is 2.72 bits per heavy atom. The van der Waals surface area contributed by atoms with Crippen LogP contribution < -0.4 is 20.7 Å². The lowest BCUT2D eigenvalue weighted by molar-refractivity contribution is 0.0963. The van der Waals surface area contributed by atoms with Gasteiger partial charge in [-0.05, 0) is 43.3 Å². The summed E-state index contributed by atoms with van der Waals surface area (Å²) in [4.78, 5) is 21.1. The van der Waals surface area contributed by atoms with E-state index in [0.717, 1.165) is 17.1 Å². The van der Waals surface area contributed by atoms with E-state index in [1.54, 1.807) is 16.9 Å². The number of rotatable bonds is 7. The summed E-state index contributed by atoms with van der Waals surface area (Å²) in [5.41, 5.74) is 1.23. The molecular formula is C22H22FN7O2. The second-order valence-corrected chi connectivity index (χ2v) is 6.70. The zero-order chi connectivity index (χ0) is 25.2. The molecule has 164 valence electrons. The molecule has 0 aliphatic rings. The molecule has 0 radical (unpaired) electrons. The average Bonchev–Trinajstić information content (AvgIpc) is 3.23. The fourth-order valence-corrected chi connectivity index (χ4v) is 3.27. The number of carbonyl (C=O) groups is 1. The first-order chi connectivity index (χ1) is 16.7. The maximum atomic E-state index is 13.2. The van der Waals surface area contributed by atoms with Crippen molar-refractivity contribution >= 4 is 40.0 Å². The summed E-state index contributed by atoms with van der Waals surface area (Å²) in [6.45, 7) is -0.130. The van der Waals surface area contributed by atoms with E-state index in [-0.39, 0.29) is 17.2 Å². The van der Waals surface area contributed by atoms with Crippen molar-refractivity contribution in [2.24, 2.45) is 0 Å². The van der Waals surface area contributed by atoms with E-state index in [1.807, 2.05) is 18.3 Å². The Morgan fingerprint density at radius 2 is 2.00 bits per heavy atom. The number of nitrogens with one attached hydrogen (secondary N) is 3. The topological polar surface area (TPSA) is 106 Å². The monoisotopic (exact) mass is 438 g/mol. The van der Waals surface area contributed by atoms with Gasteiger partial charge in [-0.25, -0.2) is 14.4 Å². The van der Waals surface area contributed by atoms with Crippen LogP contribution in [0, 0.1) is 5.82 Å². The SMILES string of the molecule is [2H]C([2H])([2H])NC(=O)c1ccc(Nc2ccc(F)cn2)nc1Nc1ccc2cnn(CC)c2c1OC.